The summed E-state index contributed by atoms with van der Waals surface area (Å²) in [5.74, 6) is 1.31. The van der Waals surface area contributed by atoms with Crippen LogP contribution in [-0.2, 0) is 19.3 Å². The largest absolute Gasteiger partial charge is 0.507 e. The maximum Gasteiger partial charge on any atom is 0.167 e. The molecule has 72 heavy (non-hydrogen) atoms. The van der Waals surface area contributed by atoms with Crippen molar-refractivity contribution < 1.29 is 15.3 Å². The van der Waals surface area contributed by atoms with Crippen LogP contribution in [0.15, 0.2) is 54.6 Å². The number of phenols is 3. The predicted octanol–water partition coefficient (Wildman–Crippen LogP) is 20.9. The number of phenolic OH excluding ortho intramolecular Hbond substituents is 3. The van der Waals surface area contributed by atoms with Crippen molar-refractivity contribution in [2.24, 2.45) is 0 Å². The van der Waals surface area contributed by atoms with Crippen molar-refractivity contribution in [1.29, 1.82) is 0 Å². The zero-order valence-electron chi connectivity index (χ0n) is 46.6. The van der Waals surface area contributed by atoms with Crippen LogP contribution >= 0.6 is 0 Å². The molecule has 0 saturated carbocycles. The minimum absolute atomic E-state index is 0.125. The van der Waals surface area contributed by atoms with Gasteiger partial charge in [-0.25, -0.2) is 15.0 Å². The van der Waals surface area contributed by atoms with Crippen LogP contribution in [0.25, 0.3) is 34.2 Å². The highest BCUT2D eigenvalue weighted by molar-refractivity contribution is 5.74. The molecule has 1 aromatic heterocycles. The molecule has 4 aromatic rings. The molecule has 6 heteroatoms. The molecule has 4 rings (SSSR count). The molecule has 0 unspecified atom stereocenters. The second-order valence-corrected chi connectivity index (χ2v) is 21.8. The first-order valence-electron chi connectivity index (χ1n) is 30.7. The summed E-state index contributed by atoms with van der Waals surface area (Å²) in [6.45, 7) is 6.85. The summed E-state index contributed by atoms with van der Waals surface area (Å²) < 4.78 is 0. The van der Waals surface area contributed by atoms with Crippen LogP contribution in [0.1, 0.15) is 288 Å². The van der Waals surface area contributed by atoms with Gasteiger partial charge in [0.1, 0.15) is 17.2 Å². The van der Waals surface area contributed by atoms with E-state index in [2.05, 4.69) is 39.0 Å². The molecule has 0 fully saturated rings. The lowest BCUT2D eigenvalue weighted by atomic mass is 10.0. The van der Waals surface area contributed by atoms with Gasteiger partial charge in [0.15, 0.2) is 17.5 Å². The van der Waals surface area contributed by atoms with Gasteiger partial charge in [-0.1, -0.05) is 270 Å². The number of aryl methyl sites for hydroxylation is 3. The Morgan fingerprint density at radius 3 is 0.611 bits per heavy atom. The average molecular weight is 989 g/mol. The Labute approximate surface area is 441 Å². The quantitative estimate of drug-likeness (QED) is 0.0382. The van der Waals surface area contributed by atoms with Crippen molar-refractivity contribution in [3.63, 3.8) is 0 Å². The van der Waals surface area contributed by atoms with Gasteiger partial charge in [0.25, 0.3) is 0 Å². The van der Waals surface area contributed by atoms with E-state index in [9.17, 15) is 15.3 Å². The van der Waals surface area contributed by atoms with Gasteiger partial charge < -0.3 is 15.3 Å². The maximum absolute atomic E-state index is 11.5. The number of hydrogen-bond donors (Lipinski definition) is 3. The number of nitrogens with zero attached hydrogens (tertiary/aromatic N) is 3. The van der Waals surface area contributed by atoms with Gasteiger partial charge in [0.05, 0.1) is 16.7 Å². The Balaban J connectivity index is 1.35. The van der Waals surface area contributed by atoms with E-state index < -0.39 is 0 Å². The van der Waals surface area contributed by atoms with E-state index >= 15 is 0 Å². The fourth-order valence-electron chi connectivity index (χ4n) is 10.5. The predicted molar refractivity (Wildman–Crippen MR) is 309 cm³/mol. The normalized spacial score (nSPS) is 11.5. The summed E-state index contributed by atoms with van der Waals surface area (Å²) in [6.07, 6.45) is 54.4. The van der Waals surface area contributed by atoms with Crippen molar-refractivity contribution in [2.75, 3.05) is 0 Å². The zero-order chi connectivity index (χ0) is 51.1. The van der Waals surface area contributed by atoms with E-state index in [1.54, 1.807) is 0 Å². The summed E-state index contributed by atoms with van der Waals surface area (Å²) in [5.41, 5.74) is 4.81. The first-order chi connectivity index (χ1) is 35.4. The van der Waals surface area contributed by atoms with E-state index in [1.807, 2.05) is 36.4 Å². The minimum atomic E-state index is 0.125. The van der Waals surface area contributed by atoms with Gasteiger partial charge in [0, 0.05) is 0 Å². The number of hydrogen-bond acceptors (Lipinski definition) is 6. The third-order valence-corrected chi connectivity index (χ3v) is 15.3. The molecular formula is C66H105N3O3. The lowest BCUT2D eigenvalue weighted by Crippen LogP contribution is -2.01. The number of benzene rings is 3. The van der Waals surface area contributed by atoms with Crippen LogP contribution in [-0.4, -0.2) is 30.3 Å². The lowest BCUT2D eigenvalue weighted by molar-refractivity contribution is 0.475. The summed E-state index contributed by atoms with van der Waals surface area (Å²) in [5, 5.41) is 34.5. The first-order valence-corrected chi connectivity index (χ1v) is 30.7. The SMILES string of the molecule is CCCCCCCCCCCCCCCc1ccc(-c2nc(-c3ccc(CCCCCCCCCCCCCCC)cc3O)nc(-c3ccc(CCCCCCCCCCCCCCC)cc3O)n2)c(O)c1. The van der Waals surface area contributed by atoms with Crippen molar-refractivity contribution in [3.8, 4) is 51.4 Å². The Morgan fingerprint density at radius 2 is 0.431 bits per heavy atom. The highest BCUT2D eigenvalue weighted by Gasteiger charge is 2.19. The molecule has 3 N–H and O–H groups in total. The monoisotopic (exact) mass is 988 g/mol. The summed E-state index contributed by atoms with van der Waals surface area (Å²) in [4.78, 5) is 14.6. The Hall–Kier alpha value is -3.93. The molecular weight excluding hydrogens is 883 g/mol. The van der Waals surface area contributed by atoms with Gasteiger partial charge >= 0.3 is 0 Å². The van der Waals surface area contributed by atoms with Crippen LogP contribution < -0.4 is 0 Å². The molecule has 0 amide bonds. The molecule has 0 aliphatic heterocycles. The molecule has 0 saturated heterocycles. The fourth-order valence-corrected chi connectivity index (χ4v) is 10.5. The van der Waals surface area contributed by atoms with Crippen LogP contribution in [0, 0.1) is 0 Å². The van der Waals surface area contributed by atoms with E-state index in [4.69, 9.17) is 15.0 Å². The standard InChI is InChI=1S/C66H105N3O3/c1-4-7-10-13-16-19-22-25-28-31-34-37-40-43-55-46-49-58(61(70)52-55)64-67-65(59-50-47-56(53-62(59)71)44-41-38-35-32-29-26-23-20-17-14-11-8-5-2)69-66(68-64)60-51-48-57(54-63(60)72)45-42-39-36-33-30-27-24-21-18-15-12-9-6-3/h46-54,70-72H,4-45H2,1-3H3. The molecule has 0 atom stereocenters. The van der Waals surface area contributed by atoms with Crippen molar-refractivity contribution in [3.05, 3.63) is 71.3 Å². The van der Waals surface area contributed by atoms with Crippen molar-refractivity contribution in [1.82, 2.24) is 15.0 Å². The van der Waals surface area contributed by atoms with Gasteiger partial charge in [-0.05, 0) is 91.6 Å². The van der Waals surface area contributed by atoms with E-state index in [0.717, 1.165) is 55.2 Å². The third kappa shape index (κ3) is 25.8. The van der Waals surface area contributed by atoms with Gasteiger partial charge in [-0.15, -0.1) is 0 Å². The molecule has 0 spiro atoms. The highest BCUT2D eigenvalue weighted by Crippen LogP contribution is 2.36. The molecule has 402 valence electrons. The molecule has 0 bridgehead atoms. The molecule has 6 nitrogen and oxygen atoms in total. The van der Waals surface area contributed by atoms with Crippen LogP contribution in [0.2, 0.25) is 0 Å². The third-order valence-electron chi connectivity index (χ3n) is 15.3. The number of aromatic nitrogens is 3. The topological polar surface area (TPSA) is 99.4 Å². The molecule has 0 aliphatic carbocycles. The smallest absolute Gasteiger partial charge is 0.167 e. The number of aromatic hydroxyl groups is 3. The van der Waals surface area contributed by atoms with Crippen LogP contribution in [0.5, 0.6) is 17.2 Å². The van der Waals surface area contributed by atoms with E-state index in [1.165, 1.54) is 231 Å². The zero-order valence-corrected chi connectivity index (χ0v) is 46.6. The molecule has 1 heterocycles. The van der Waals surface area contributed by atoms with E-state index in [0.29, 0.717) is 34.2 Å². The van der Waals surface area contributed by atoms with Gasteiger partial charge in [0.2, 0.25) is 0 Å². The molecule has 3 aromatic carbocycles. The van der Waals surface area contributed by atoms with Crippen LogP contribution in [0.3, 0.4) is 0 Å². The average Bonchev–Trinajstić information content (AvgIpc) is 3.38. The first kappa shape index (κ1) is 60.6. The Bertz CT molecular complexity index is 1740. The second-order valence-electron chi connectivity index (χ2n) is 21.8. The highest BCUT2D eigenvalue weighted by atomic mass is 16.3. The van der Waals surface area contributed by atoms with Crippen molar-refractivity contribution in [2.45, 2.75) is 290 Å². The summed E-state index contributed by atoms with van der Waals surface area (Å²) >= 11 is 0. The summed E-state index contributed by atoms with van der Waals surface area (Å²) in [6, 6.07) is 17.5. The molecule has 0 radical (unpaired) electrons. The Morgan fingerprint density at radius 1 is 0.250 bits per heavy atom. The lowest BCUT2D eigenvalue weighted by Gasteiger charge is -2.13. The summed E-state index contributed by atoms with van der Waals surface area (Å²) in [7, 11) is 0. The van der Waals surface area contributed by atoms with E-state index in [-0.39, 0.29) is 17.2 Å². The molecule has 0 aliphatic rings. The van der Waals surface area contributed by atoms with Gasteiger partial charge in [-0.2, -0.15) is 0 Å². The number of unbranched alkanes of at least 4 members (excludes halogenated alkanes) is 36. The van der Waals surface area contributed by atoms with Crippen molar-refractivity contribution >= 4 is 0 Å². The second kappa shape index (κ2) is 39.5. The minimum Gasteiger partial charge on any atom is -0.507 e. The maximum atomic E-state index is 11.5. The van der Waals surface area contributed by atoms with Gasteiger partial charge in [-0.3, -0.25) is 0 Å². The van der Waals surface area contributed by atoms with Crippen LogP contribution in [0.4, 0.5) is 0 Å². The number of rotatable bonds is 45. The Kier molecular flexibility index (Phi) is 33.3. The fraction of sp³-hybridized carbons (Fsp3) is 0.682.